The molecule has 1 nitrogen and oxygen atoms in total. The van der Waals surface area contributed by atoms with Crippen LogP contribution in [0.1, 0.15) is 24.0 Å². The lowest BCUT2D eigenvalue weighted by atomic mass is 10.1. The molecule has 0 radical (unpaired) electrons. The van der Waals surface area contributed by atoms with Gasteiger partial charge in [0.25, 0.3) is 0 Å². The van der Waals surface area contributed by atoms with Crippen LogP contribution in [0.25, 0.3) is 0 Å². The van der Waals surface area contributed by atoms with E-state index in [0.717, 1.165) is 5.92 Å². The van der Waals surface area contributed by atoms with Gasteiger partial charge in [-0.1, -0.05) is 24.3 Å². The minimum atomic E-state index is 0.716. The molecule has 1 saturated carbocycles. The van der Waals surface area contributed by atoms with E-state index in [1.165, 1.54) is 32.2 Å². The van der Waals surface area contributed by atoms with Gasteiger partial charge in [0.1, 0.15) is 0 Å². The highest BCUT2D eigenvalue weighted by Gasteiger charge is 2.25. The van der Waals surface area contributed by atoms with E-state index in [-0.39, 0.29) is 0 Å². The second-order valence-electron chi connectivity index (χ2n) is 4.73. The molecule has 0 atom stereocenters. The first-order valence-electron chi connectivity index (χ1n) is 5.72. The highest BCUT2D eigenvalue weighted by molar-refractivity contribution is 5.33. The summed E-state index contributed by atoms with van der Waals surface area (Å²) in [5.74, 6) is 0.999. The molecular weight excluding hydrogens is 170 g/mol. The van der Waals surface area contributed by atoms with Gasteiger partial charge >= 0.3 is 0 Å². The minimum Gasteiger partial charge on any atom is -0.313 e. The summed E-state index contributed by atoms with van der Waals surface area (Å²) < 4.78 is 0. The van der Waals surface area contributed by atoms with E-state index in [0.29, 0.717) is 6.04 Å². The molecule has 1 aromatic carbocycles. The van der Waals surface area contributed by atoms with Crippen LogP contribution in [0.3, 0.4) is 0 Å². The van der Waals surface area contributed by atoms with Crippen LogP contribution in [0.5, 0.6) is 0 Å². The predicted molar refractivity (Wildman–Crippen MR) is 58.4 cm³/mol. The van der Waals surface area contributed by atoms with E-state index in [2.05, 4.69) is 29.6 Å². The smallest absolute Gasteiger partial charge is 0.0148 e. The number of hydrogen-bond acceptors (Lipinski definition) is 1. The van der Waals surface area contributed by atoms with Crippen molar-refractivity contribution in [2.45, 2.75) is 31.7 Å². The zero-order chi connectivity index (χ0) is 9.38. The fourth-order valence-electron chi connectivity index (χ4n) is 2.36. The van der Waals surface area contributed by atoms with Crippen LogP contribution in [-0.2, 0) is 12.8 Å². The van der Waals surface area contributed by atoms with Crippen LogP contribution in [0.2, 0.25) is 0 Å². The quantitative estimate of drug-likeness (QED) is 0.764. The van der Waals surface area contributed by atoms with E-state index < -0.39 is 0 Å². The predicted octanol–water partition coefficient (Wildman–Crippen LogP) is 2.15. The van der Waals surface area contributed by atoms with Crippen LogP contribution in [0.15, 0.2) is 24.3 Å². The number of hydrogen-bond donors (Lipinski definition) is 1. The van der Waals surface area contributed by atoms with Gasteiger partial charge in [-0.3, -0.25) is 0 Å². The van der Waals surface area contributed by atoms with Gasteiger partial charge in [-0.15, -0.1) is 0 Å². The Morgan fingerprint density at radius 1 is 1.07 bits per heavy atom. The lowest BCUT2D eigenvalue weighted by Gasteiger charge is -2.10. The Hall–Kier alpha value is -0.820. The van der Waals surface area contributed by atoms with Crippen molar-refractivity contribution in [3.63, 3.8) is 0 Å². The van der Waals surface area contributed by atoms with Crippen LogP contribution < -0.4 is 5.32 Å². The Balaban J connectivity index is 1.60. The fraction of sp³-hybridized carbons (Fsp3) is 0.538. The molecule has 0 saturated heterocycles. The molecule has 14 heavy (non-hydrogen) atoms. The van der Waals surface area contributed by atoms with Gasteiger partial charge in [0.15, 0.2) is 0 Å². The van der Waals surface area contributed by atoms with Crippen LogP contribution in [-0.4, -0.2) is 12.6 Å². The van der Waals surface area contributed by atoms with Crippen molar-refractivity contribution in [2.24, 2.45) is 5.92 Å². The average Bonchev–Trinajstić information content (AvgIpc) is 2.94. The zero-order valence-electron chi connectivity index (χ0n) is 8.50. The van der Waals surface area contributed by atoms with Crippen molar-refractivity contribution in [1.82, 2.24) is 5.32 Å². The van der Waals surface area contributed by atoms with Gasteiger partial charge in [-0.25, -0.2) is 0 Å². The van der Waals surface area contributed by atoms with Gasteiger partial charge in [-0.2, -0.15) is 0 Å². The molecule has 74 valence electrons. The van der Waals surface area contributed by atoms with Crippen molar-refractivity contribution < 1.29 is 0 Å². The molecule has 1 N–H and O–H groups in total. The monoisotopic (exact) mass is 187 g/mol. The Morgan fingerprint density at radius 3 is 2.29 bits per heavy atom. The zero-order valence-corrected chi connectivity index (χ0v) is 8.50. The van der Waals surface area contributed by atoms with Crippen molar-refractivity contribution >= 4 is 0 Å². The Bertz CT molecular complexity index is 303. The van der Waals surface area contributed by atoms with Gasteiger partial charge in [0, 0.05) is 6.04 Å². The Morgan fingerprint density at radius 2 is 1.71 bits per heavy atom. The largest absolute Gasteiger partial charge is 0.313 e. The molecule has 2 aliphatic rings. The maximum Gasteiger partial charge on any atom is 0.0148 e. The van der Waals surface area contributed by atoms with E-state index in [9.17, 15) is 0 Å². The maximum absolute atomic E-state index is 3.69. The molecule has 0 amide bonds. The molecule has 1 fully saturated rings. The van der Waals surface area contributed by atoms with Gasteiger partial charge in [0.2, 0.25) is 0 Å². The fourth-order valence-corrected chi connectivity index (χ4v) is 2.36. The molecule has 1 heteroatoms. The third-order valence-electron chi connectivity index (χ3n) is 3.44. The molecule has 2 aliphatic carbocycles. The van der Waals surface area contributed by atoms with E-state index >= 15 is 0 Å². The molecule has 0 bridgehead atoms. The topological polar surface area (TPSA) is 12.0 Å². The number of nitrogens with one attached hydrogen (secondary N) is 1. The van der Waals surface area contributed by atoms with Crippen LogP contribution >= 0.6 is 0 Å². The summed E-state index contributed by atoms with van der Waals surface area (Å²) in [5, 5.41) is 3.69. The molecular formula is C13H17N. The first-order valence-corrected chi connectivity index (χ1v) is 5.72. The third kappa shape index (κ3) is 1.69. The van der Waals surface area contributed by atoms with Crippen LogP contribution in [0.4, 0.5) is 0 Å². The second kappa shape index (κ2) is 3.39. The Labute approximate surface area is 85.5 Å². The van der Waals surface area contributed by atoms with Crippen molar-refractivity contribution in [3.05, 3.63) is 35.4 Å². The average molecular weight is 187 g/mol. The minimum absolute atomic E-state index is 0.716. The van der Waals surface area contributed by atoms with Crippen molar-refractivity contribution in [3.8, 4) is 0 Å². The lowest BCUT2D eigenvalue weighted by Crippen LogP contribution is -2.31. The highest BCUT2D eigenvalue weighted by atomic mass is 14.9. The number of rotatable bonds is 3. The first-order chi connectivity index (χ1) is 6.92. The summed E-state index contributed by atoms with van der Waals surface area (Å²) in [6.07, 6.45) is 5.38. The molecule has 0 heterocycles. The normalized spacial score (nSPS) is 21.1. The summed E-state index contributed by atoms with van der Waals surface area (Å²) in [5.41, 5.74) is 3.11. The summed E-state index contributed by atoms with van der Waals surface area (Å²) in [6.45, 7) is 1.25. The molecule has 0 aliphatic heterocycles. The van der Waals surface area contributed by atoms with E-state index in [4.69, 9.17) is 0 Å². The van der Waals surface area contributed by atoms with E-state index in [1.807, 2.05) is 0 Å². The maximum atomic E-state index is 3.69. The van der Waals surface area contributed by atoms with E-state index in [1.54, 1.807) is 11.1 Å². The van der Waals surface area contributed by atoms with Gasteiger partial charge in [-0.05, 0) is 49.3 Å². The van der Waals surface area contributed by atoms with Crippen molar-refractivity contribution in [1.29, 1.82) is 0 Å². The number of fused-ring (bicyclic) bond motifs is 1. The molecule has 0 spiro atoms. The lowest BCUT2D eigenvalue weighted by molar-refractivity contribution is 0.515. The molecule has 1 aromatic rings. The summed E-state index contributed by atoms with van der Waals surface area (Å²) in [7, 11) is 0. The molecule has 0 aromatic heterocycles. The Kier molecular flexibility index (Phi) is 2.06. The highest BCUT2D eigenvalue weighted by Crippen LogP contribution is 2.28. The SMILES string of the molecule is c1ccc2c(c1)CC(NCC1CC1)C2. The van der Waals surface area contributed by atoms with Crippen LogP contribution in [0, 0.1) is 5.92 Å². The van der Waals surface area contributed by atoms with Gasteiger partial charge < -0.3 is 5.32 Å². The van der Waals surface area contributed by atoms with Crippen molar-refractivity contribution in [2.75, 3.05) is 6.54 Å². The summed E-state index contributed by atoms with van der Waals surface area (Å²) in [4.78, 5) is 0. The summed E-state index contributed by atoms with van der Waals surface area (Å²) in [6, 6.07) is 9.57. The standard InChI is InChI=1S/C13H17N/c1-2-4-12-8-13(7-11(12)3-1)14-9-10-5-6-10/h1-4,10,13-14H,5-9H2. The first kappa shape index (κ1) is 8.49. The van der Waals surface area contributed by atoms with Gasteiger partial charge in [0.05, 0.1) is 0 Å². The summed E-state index contributed by atoms with van der Waals surface area (Å²) >= 11 is 0. The molecule has 0 unspecified atom stereocenters. The number of benzene rings is 1. The third-order valence-corrected chi connectivity index (χ3v) is 3.44. The molecule has 3 rings (SSSR count). The second-order valence-corrected chi connectivity index (χ2v) is 4.73.